The van der Waals surface area contributed by atoms with Gasteiger partial charge in [-0.05, 0) is 93.8 Å². The Kier molecular flexibility index (Phi) is 18.6. The van der Waals surface area contributed by atoms with Gasteiger partial charge in [-0.1, -0.05) is 99.2 Å². The van der Waals surface area contributed by atoms with Gasteiger partial charge in [-0.25, -0.2) is 4.79 Å². The molecular weight excluding hydrogens is 826 g/mol. The summed E-state index contributed by atoms with van der Waals surface area (Å²) in [6.07, 6.45) is 8.61. The second-order valence-electron chi connectivity index (χ2n) is 16.8. The van der Waals surface area contributed by atoms with Crippen LogP contribution in [0, 0.1) is 11.8 Å². The molecule has 0 aromatic heterocycles. The van der Waals surface area contributed by atoms with Crippen LogP contribution in [0.5, 0.6) is 0 Å². The van der Waals surface area contributed by atoms with Crippen LogP contribution in [0.15, 0.2) is 149 Å². The molecule has 5 N–H and O–H groups in total. The van der Waals surface area contributed by atoms with Crippen LogP contribution in [-0.2, 0) is 28.6 Å². The third-order valence-corrected chi connectivity index (χ3v) is 16.6. The fraction of sp³-hybridized carbons (Fsp3) is 0.385. The van der Waals surface area contributed by atoms with Gasteiger partial charge in [-0.3, -0.25) is 14.4 Å². The number of Topliss-reactive ketones (excluding diaryl/α,β-unsaturated/α-hetero) is 1. The number of unbranched alkanes of at least 4 members (excludes halogenated alkanes) is 3. The molecule has 0 fully saturated rings. The third-order valence-electron chi connectivity index (χ3n) is 12.1. The van der Waals surface area contributed by atoms with Crippen molar-refractivity contribution in [2.45, 2.75) is 90.6 Å². The van der Waals surface area contributed by atoms with Gasteiger partial charge in [0.15, 0.2) is 6.10 Å². The van der Waals surface area contributed by atoms with Crippen molar-refractivity contribution in [3.8, 4) is 0 Å². The predicted molar refractivity (Wildman–Crippen MR) is 256 cm³/mol. The molecular formula is C52H65N3O8P+. The molecule has 0 unspecified atom stereocenters. The second-order valence-corrected chi connectivity index (χ2v) is 20.4. The normalized spacial score (nSPS) is 25.0. The first-order valence-electron chi connectivity index (χ1n) is 22.2. The highest BCUT2D eigenvalue weighted by Crippen LogP contribution is 2.56. The largest absolute Gasteiger partial charge is 0.439 e. The summed E-state index contributed by atoms with van der Waals surface area (Å²) in [7, 11) is 1.03. The number of ketones is 2. The van der Waals surface area contributed by atoms with Gasteiger partial charge in [-0.2, -0.15) is 0 Å². The van der Waals surface area contributed by atoms with E-state index >= 15 is 0 Å². The van der Waals surface area contributed by atoms with Crippen molar-refractivity contribution in [1.29, 1.82) is 0 Å². The lowest BCUT2D eigenvalue weighted by Crippen LogP contribution is -2.38. The lowest BCUT2D eigenvalue weighted by atomic mass is 9.85. The van der Waals surface area contributed by atoms with Crippen molar-refractivity contribution in [3.63, 3.8) is 0 Å². The van der Waals surface area contributed by atoms with Gasteiger partial charge in [-0.15, -0.1) is 0 Å². The molecule has 3 aromatic carbocycles. The van der Waals surface area contributed by atoms with E-state index in [0.29, 0.717) is 18.5 Å². The molecule has 6 atom stereocenters. The number of aliphatic hydroxyl groups excluding tert-OH is 1. The van der Waals surface area contributed by atoms with E-state index in [2.05, 4.69) is 102 Å². The van der Waals surface area contributed by atoms with Crippen LogP contribution >= 0.6 is 7.26 Å². The van der Waals surface area contributed by atoms with Crippen molar-refractivity contribution >= 4 is 46.7 Å². The third kappa shape index (κ3) is 12.6. The molecule has 1 aliphatic carbocycles. The highest BCUT2D eigenvalue weighted by Gasteiger charge is 2.44. The number of allylic oxidation sites excluding steroid dienone is 4. The summed E-state index contributed by atoms with van der Waals surface area (Å²) < 4.78 is 16.9. The Labute approximate surface area is 379 Å². The van der Waals surface area contributed by atoms with E-state index < -0.39 is 61.2 Å². The van der Waals surface area contributed by atoms with E-state index in [9.17, 15) is 24.3 Å². The number of methoxy groups -OCH3 is 2. The standard InChI is InChI=1S/C52H64N3O8P/c1-35-31-42-47(54-29-18-7-8-19-30-64(39-22-12-9-13-23-39,40-24-14-10-15-25-40)41-26-16-11-17-27-41)44(56)34-43(49(42)58)55-51(59)36(2)21-20-28-45(61-5)50(63-52(53)60)38(4)33-37(3)48(57)46(32-35)62-6/h9-17,20-28,33-35,37,45-46,48,50,57H,7-8,18-19,29-32H2,1-6H3,(H3-,53,54,55,56,58,59,60)/p+1/b28-20+,36-21+,38-33+/t35-,37+,45+,46+,48-,50+/m1/s1. The van der Waals surface area contributed by atoms with Crippen molar-refractivity contribution in [3.05, 3.63) is 149 Å². The zero-order valence-corrected chi connectivity index (χ0v) is 38.9. The number of benzene rings is 3. The number of amides is 2. The average molecular weight is 891 g/mol. The van der Waals surface area contributed by atoms with Crippen LogP contribution in [0.4, 0.5) is 4.79 Å². The maximum absolute atomic E-state index is 14.2. The Morgan fingerprint density at radius 3 is 1.97 bits per heavy atom. The highest BCUT2D eigenvalue weighted by molar-refractivity contribution is 7.95. The summed E-state index contributed by atoms with van der Waals surface area (Å²) in [6.45, 7) is 7.58. The molecule has 1 heterocycles. The smallest absolute Gasteiger partial charge is 0.405 e. The van der Waals surface area contributed by atoms with Crippen molar-refractivity contribution in [2.24, 2.45) is 17.6 Å². The Balaban J connectivity index is 1.34. The van der Waals surface area contributed by atoms with E-state index in [1.807, 2.05) is 13.8 Å². The van der Waals surface area contributed by atoms with Crippen LogP contribution < -0.4 is 32.3 Å². The van der Waals surface area contributed by atoms with Gasteiger partial charge < -0.3 is 35.7 Å². The number of carbonyl (C=O) groups excluding carboxylic acids is 4. The SMILES string of the molecule is CO[C@H]1/C=C/C=C(\C)C(=O)NC2=CC(=O)C(NCCCCCC[P+](c3ccccc3)(c3ccccc3)c3ccccc3)=C(C[C@@H](C)C[C@H](OC)[C@H](O)[C@@H](C)/C=C(\C)[C@@H]1OC(N)=O)C2=O. The molecule has 12 heteroatoms. The highest BCUT2D eigenvalue weighted by atomic mass is 31.2. The number of nitrogens with one attached hydrogen (secondary N) is 2. The minimum absolute atomic E-state index is 0.110. The maximum Gasteiger partial charge on any atom is 0.405 e. The van der Waals surface area contributed by atoms with E-state index in [-0.39, 0.29) is 34.9 Å². The summed E-state index contributed by atoms with van der Waals surface area (Å²) >= 11 is 0. The minimum atomic E-state index is -1.94. The van der Waals surface area contributed by atoms with Crippen molar-refractivity contribution < 1.29 is 38.5 Å². The molecule has 2 aliphatic rings. The molecule has 5 rings (SSSR count). The molecule has 2 amide bonds. The van der Waals surface area contributed by atoms with Gasteiger partial charge in [0.1, 0.15) is 29.3 Å². The summed E-state index contributed by atoms with van der Waals surface area (Å²) in [4.78, 5) is 53.4. The number of nitrogens with two attached hydrogens (primary N) is 1. The zero-order chi connectivity index (χ0) is 46.2. The molecule has 340 valence electrons. The summed E-state index contributed by atoms with van der Waals surface area (Å²) in [5.41, 5.74) is 6.67. The van der Waals surface area contributed by atoms with Crippen LogP contribution in [0.25, 0.3) is 0 Å². The molecule has 0 spiro atoms. The topological polar surface area (TPSA) is 166 Å². The maximum atomic E-state index is 14.2. The molecule has 1 aliphatic heterocycles. The molecule has 2 bridgehead atoms. The quantitative estimate of drug-likeness (QED) is 0.0583. The molecule has 3 aromatic rings. The Morgan fingerprint density at radius 1 is 0.844 bits per heavy atom. The first-order chi connectivity index (χ1) is 30.8. The molecule has 64 heavy (non-hydrogen) atoms. The van der Waals surface area contributed by atoms with Crippen LogP contribution in [0.3, 0.4) is 0 Å². The Hall–Kier alpha value is -5.45. The van der Waals surface area contributed by atoms with Gasteiger partial charge in [0.25, 0.3) is 5.91 Å². The van der Waals surface area contributed by atoms with Crippen molar-refractivity contribution in [2.75, 3.05) is 26.9 Å². The van der Waals surface area contributed by atoms with E-state index in [1.54, 1.807) is 32.1 Å². The van der Waals surface area contributed by atoms with Gasteiger partial charge in [0.2, 0.25) is 11.6 Å². The molecule has 0 radical (unpaired) electrons. The van der Waals surface area contributed by atoms with Crippen LogP contribution in [0.1, 0.15) is 66.2 Å². The number of aliphatic hydroxyl groups is 1. The average Bonchev–Trinajstić information content (AvgIpc) is 3.29. The van der Waals surface area contributed by atoms with Crippen LogP contribution in [-0.4, -0.2) is 80.0 Å². The summed E-state index contributed by atoms with van der Waals surface area (Å²) in [5.74, 6) is -2.09. The summed E-state index contributed by atoms with van der Waals surface area (Å²) in [6, 6.07) is 32.6. The molecule has 11 nitrogen and oxygen atoms in total. The first kappa shape index (κ1) is 49.6. The van der Waals surface area contributed by atoms with Crippen molar-refractivity contribution in [1.82, 2.24) is 10.6 Å². The first-order valence-corrected chi connectivity index (χ1v) is 24.1. The predicted octanol–water partition coefficient (Wildman–Crippen LogP) is 6.91. The number of rotatable bonds is 14. The van der Waals surface area contributed by atoms with Gasteiger partial charge in [0.05, 0.1) is 29.8 Å². The Bertz CT molecular complexity index is 2120. The number of ether oxygens (including phenoxy) is 3. The molecule has 0 saturated carbocycles. The van der Waals surface area contributed by atoms with Gasteiger partial charge >= 0.3 is 6.09 Å². The fourth-order valence-electron chi connectivity index (χ4n) is 8.70. The van der Waals surface area contributed by atoms with Gasteiger partial charge in [0, 0.05) is 43.9 Å². The minimum Gasteiger partial charge on any atom is -0.439 e. The van der Waals surface area contributed by atoms with Crippen LogP contribution in [0.2, 0.25) is 0 Å². The lowest BCUT2D eigenvalue weighted by molar-refractivity contribution is -0.120. The zero-order valence-electron chi connectivity index (χ0n) is 38.0. The number of fused-ring (bicyclic) bond motifs is 2. The lowest BCUT2D eigenvalue weighted by Gasteiger charge is -2.30. The van der Waals surface area contributed by atoms with E-state index in [1.165, 1.54) is 42.3 Å². The number of hydrogen-bond acceptors (Lipinski definition) is 9. The van der Waals surface area contributed by atoms with E-state index in [4.69, 9.17) is 19.9 Å². The number of carbonyl (C=O) groups is 4. The number of hydrogen-bond donors (Lipinski definition) is 4. The molecule has 0 saturated heterocycles. The van der Waals surface area contributed by atoms with E-state index in [0.717, 1.165) is 31.8 Å². The summed E-state index contributed by atoms with van der Waals surface area (Å²) in [5, 5.41) is 21.6. The monoisotopic (exact) mass is 890 g/mol. The number of primary amides is 1. The Morgan fingerprint density at radius 2 is 1.42 bits per heavy atom. The second kappa shape index (κ2) is 24.0. The fourth-order valence-corrected chi connectivity index (χ4v) is 13.1.